The van der Waals surface area contributed by atoms with Crippen LogP contribution in [0.2, 0.25) is 0 Å². The van der Waals surface area contributed by atoms with E-state index in [1.807, 2.05) is 0 Å². The summed E-state index contributed by atoms with van der Waals surface area (Å²) in [5, 5.41) is 2.70. The van der Waals surface area contributed by atoms with E-state index in [-0.39, 0.29) is 18.5 Å². The van der Waals surface area contributed by atoms with Gasteiger partial charge in [0.25, 0.3) is 0 Å². The van der Waals surface area contributed by atoms with Crippen molar-refractivity contribution in [3.05, 3.63) is 24.3 Å². The van der Waals surface area contributed by atoms with Gasteiger partial charge in [-0.25, -0.2) is 0 Å². The highest BCUT2D eigenvalue weighted by atomic mass is 16.6. The Hall–Kier alpha value is -2.08. The van der Waals surface area contributed by atoms with Crippen molar-refractivity contribution < 1.29 is 23.8 Å². The third-order valence-electron chi connectivity index (χ3n) is 4.15. The number of benzene rings is 1. The maximum Gasteiger partial charge on any atom is 0.305 e. The standard InChI is InChI=1S/C22H35NO5/c1-3-4-5-6-7-8-9-10-22(25)28-18-16-26-15-17-27-21-13-11-20(12-14-21)23-19(2)24/h11-14H,3-10,15-18H2,1-2H3,(H,23,24). The summed E-state index contributed by atoms with van der Waals surface area (Å²) >= 11 is 0. The first-order valence-corrected chi connectivity index (χ1v) is 10.4. The summed E-state index contributed by atoms with van der Waals surface area (Å²) in [5.41, 5.74) is 0.731. The quantitative estimate of drug-likeness (QED) is 0.325. The van der Waals surface area contributed by atoms with Crippen LogP contribution in [0.3, 0.4) is 0 Å². The minimum Gasteiger partial charge on any atom is -0.491 e. The molecule has 0 atom stereocenters. The van der Waals surface area contributed by atoms with Crippen LogP contribution >= 0.6 is 0 Å². The van der Waals surface area contributed by atoms with Crippen molar-refractivity contribution >= 4 is 17.6 Å². The fourth-order valence-corrected chi connectivity index (χ4v) is 2.67. The van der Waals surface area contributed by atoms with Gasteiger partial charge < -0.3 is 19.5 Å². The second-order valence-corrected chi connectivity index (χ2v) is 6.76. The Morgan fingerprint density at radius 1 is 0.857 bits per heavy atom. The van der Waals surface area contributed by atoms with Gasteiger partial charge in [-0.05, 0) is 30.7 Å². The van der Waals surface area contributed by atoms with Gasteiger partial charge in [0, 0.05) is 19.0 Å². The highest BCUT2D eigenvalue weighted by Crippen LogP contribution is 2.15. The van der Waals surface area contributed by atoms with Crippen molar-refractivity contribution in [3.8, 4) is 5.75 Å². The molecule has 1 aromatic rings. The van der Waals surface area contributed by atoms with Gasteiger partial charge in [0.15, 0.2) is 0 Å². The Morgan fingerprint density at radius 2 is 1.50 bits per heavy atom. The minimum absolute atomic E-state index is 0.106. The summed E-state index contributed by atoms with van der Waals surface area (Å²) in [4.78, 5) is 22.6. The molecule has 0 unspecified atom stereocenters. The van der Waals surface area contributed by atoms with Crippen molar-refractivity contribution in [3.63, 3.8) is 0 Å². The first-order chi connectivity index (χ1) is 13.6. The van der Waals surface area contributed by atoms with Crippen LogP contribution in [0.1, 0.15) is 65.2 Å². The number of carbonyl (C=O) groups excluding carboxylic acids is 2. The lowest BCUT2D eigenvalue weighted by molar-refractivity contribution is -0.145. The molecule has 0 fully saturated rings. The van der Waals surface area contributed by atoms with Crippen LogP contribution in [0, 0.1) is 0 Å². The normalized spacial score (nSPS) is 10.5. The monoisotopic (exact) mass is 393 g/mol. The van der Waals surface area contributed by atoms with Crippen molar-refractivity contribution in [1.82, 2.24) is 0 Å². The van der Waals surface area contributed by atoms with Crippen LogP contribution in [-0.4, -0.2) is 38.3 Å². The van der Waals surface area contributed by atoms with Crippen molar-refractivity contribution in [2.45, 2.75) is 65.2 Å². The number of rotatable bonds is 16. The molecule has 1 amide bonds. The summed E-state index contributed by atoms with van der Waals surface area (Å²) in [6, 6.07) is 7.14. The molecule has 0 spiro atoms. The third kappa shape index (κ3) is 13.1. The molecule has 158 valence electrons. The number of amides is 1. The van der Waals surface area contributed by atoms with Gasteiger partial charge in [-0.3, -0.25) is 9.59 Å². The number of hydrogen-bond acceptors (Lipinski definition) is 5. The molecule has 0 aromatic heterocycles. The van der Waals surface area contributed by atoms with E-state index in [0.717, 1.165) is 18.5 Å². The molecule has 0 bridgehead atoms. The minimum atomic E-state index is -0.146. The van der Waals surface area contributed by atoms with Crippen LogP contribution < -0.4 is 10.1 Å². The van der Waals surface area contributed by atoms with Crippen LogP contribution in [-0.2, 0) is 19.1 Å². The summed E-state index contributed by atoms with van der Waals surface area (Å²) in [5.74, 6) is 0.455. The van der Waals surface area contributed by atoms with E-state index in [2.05, 4.69) is 12.2 Å². The van der Waals surface area contributed by atoms with Crippen LogP contribution in [0.4, 0.5) is 5.69 Å². The molecule has 0 aliphatic rings. The number of esters is 1. The van der Waals surface area contributed by atoms with Gasteiger partial charge in [-0.15, -0.1) is 0 Å². The summed E-state index contributed by atoms with van der Waals surface area (Å²) in [6.07, 6.45) is 8.81. The van der Waals surface area contributed by atoms with E-state index in [4.69, 9.17) is 14.2 Å². The fourth-order valence-electron chi connectivity index (χ4n) is 2.67. The van der Waals surface area contributed by atoms with E-state index in [0.29, 0.717) is 32.0 Å². The van der Waals surface area contributed by atoms with Crippen LogP contribution in [0.5, 0.6) is 5.75 Å². The first kappa shape index (κ1) is 24.0. The van der Waals surface area contributed by atoms with Crippen molar-refractivity contribution in [2.75, 3.05) is 31.7 Å². The highest BCUT2D eigenvalue weighted by molar-refractivity contribution is 5.88. The Kier molecular flexibility index (Phi) is 13.6. The molecule has 0 aliphatic heterocycles. The second kappa shape index (κ2) is 15.9. The molecule has 0 radical (unpaired) electrons. The lowest BCUT2D eigenvalue weighted by atomic mass is 10.1. The molecule has 0 heterocycles. The van der Waals surface area contributed by atoms with Gasteiger partial charge in [-0.1, -0.05) is 45.4 Å². The van der Waals surface area contributed by atoms with E-state index in [1.54, 1.807) is 24.3 Å². The van der Waals surface area contributed by atoms with Gasteiger partial charge in [-0.2, -0.15) is 0 Å². The molecule has 0 saturated heterocycles. The van der Waals surface area contributed by atoms with Crippen molar-refractivity contribution in [1.29, 1.82) is 0 Å². The Balaban J connectivity index is 1.93. The van der Waals surface area contributed by atoms with Gasteiger partial charge in [0.1, 0.15) is 19.0 Å². The number of hydrogen-bond donors (Lipinski definition) is 1. The maximum atomic E-state index is 11.6. The topological polar surface area (TPSA) is 73.9 Å². The molecule has 0 saturated carbocycles. The summed E-state index contributed by atoms with van der Waals surface area (Å²) < 4.78 is 16.1. The Bertz CT molecular complexity index is 544. The maximum absolute atomic E-state index is 11.6. The number of nitrogens with one attached hydrogen (secondary N) is 1. The predicted molar refractivity (Wildman–Crippen MR) is 111 cm³/mol. The van der Waals surface area contributed by atoms with Crippen LogP contribution in [0.15, 0.2) is 24.3 Å². The number of carbonyl (C=O) groups is 2. The molecule has 28 heavy (non-hydrogen) atoms. The lowest BCUT2D eigenvalue weighted by Gasteiger charge is -2.09. The van der Waals surface area contributed by atoms with Gasteiger partial charge >= 0.3 is 5.97 Å². The summed E-state index contributed by atoms with van der Waals surface area (Å²) in [7, 11) is 0. The van der Waals surface area contributed by atoms with E-state index < -0.39 is 0 Å². The predicted octanol–water partition coefficient (Wildman–Crippen LogP) is 4.72. The molecular formula is C22H35NO5. The zero-order valence-corrected chi connectivity index (χ0v) is 17.3. The largest absolute Gasteiger partial charge is 0.491 e. The second-order valence-electron chi connectivity index (χ2n) is 6.76. The zero-order valence-electron chi connectivity index (χ0n) is 17.3. The third-order valence-corrected chi connectivity index (χ3v) is 4.15. The Morgan fingerprint density at radius 3 is 2.18 bits per heavy atom. The van der Waals surface area contributed by atoms with Crippen molar-refractivity contribution in [2.24, 2.45) is 0 Å². The smallest absolute Gasteiger partial charge is 0.305 e. The lowest BCUT2D eigenvalue weighted by Crippen LogP contribution is -2.13. The van der Waals surface area contributed by atoms with Gasteiger partial charge in [0.2, 0.25) is 5.91 Å². The van der Waals surface area contributed by atoms with Gasteiger partial charge in [0.05, 0.1) is 13.2 Å². The summed E-state index contributed by atoms with van der Waals surface area (Å²) in [6.45, 7) is 5.15. The highest BCUT2D eigenvalue weighted by Gasteiger charge is 2.03. The van der Waals surface area contributed by atoms with E-state index in [1.165, 1.54) is 39.0 Å². The number of anilines is 1. The first-order valence-electron chi connectivity index (χ1n) is 10.4. The van der Waals surface area contributed by atoms with E-state index >= 15 is 0 Å². The molecule has 1 rings (SSSR count). The zero-order chi connectivity index (χ0) is 20.5. The van der Waals surface area contributed by atoms with E-state index in [9.17, 15) is 9.59 Å². The average molecular weight is 394 g/mol. The molecule has 0 aliphatic carbocycles. The SMILES string of the molecule is CCCCCCCCCC(=O)OCCOCCOc1ccc(NC(C)=O)cc1. The molecule has 1 N–H and O–H groups in total. The molecule has 6 heteroatoms. The number of ether oxygens (including phenoxy) is 3. The molecule has 1 aromatic carbocycles. The number of unbranched alkanes of at least 4 members (excludes halogenated alkanes) is 6. The molecular weight excluding hydrogens is 358 g/mol. The Labute approximate surface area is 168 Å². The van der Waals surface area contributed by atoms with Crippen LogP contribution in [0.25, 0.3) is 0 Å². The fraction of sp³-hybridized carbons (Fsp3) is 0.636. The molecule has 6 nitrogen and oxygen atoms in total. The average Bonchev–Trinajstić information content (AvgIpc) is 2.67.